The molecule has 0 saturated carbocycles. The SMILES string of the molecule is NCc1ccc(CCC(=O)N2CC(NC(=O)OCC#CCOC(=O)NC3CC(C(=O)O)N(C(=O)CCc4ccc(CN)cc4)C3)CC2C(=O)O)cc1. The first-order valence-corrected chi connectivity index (χ1v) is 16.9. The van der Waals surface area contributed by atoms with Crippen molar-refractivity contribution in [1.29, 1.82) is 0 Å². The highest BCUT2D eigenvalue weighted by Crippen LogP contribution is 2.22. The van der Waals surface area contributed by atoms with E-state index >= 15 is 0 Å². The van der Waals surface area contributed by atoms with E-state index < -0.39 is 48.3 Å². The Morgan fingerprint density at radius 2 is 0.981 bits per heavy atom. The maximum atomic E-state index is 12.9. The Balaban J connectivity index is 1.14. The van der Waals surface area contributed by atoms with Crippen molar-refractivity contribution < 1.29 is 48.5 Å². The van der Waals surface area contributed by atoms with Crippen LogP contribution >= 0.6 is 0 Å². The van der Waals surface area contributed by atoms with Gasteiger partial charge in [0.25, 0.3) is 0 Å². The summed E-state index contributed by atoms with van der Waals surface area (Å²) in [6, 6.07) is 11.5. The lowest BCUT2D eigenvalue weighted by Crippen LogP contribution is -2.41. The maximum Gasteiger partial charge on any atom is 0.408 e. The molecule has 2 aliphatic heterocycles. The van der Waals surface area contributed by atoms with E-state index in [2.05, 4.69) is 22.5 Å². The van der Waals surface area contributed by atoms with Gasteiger partial charge in [0.05, 0.1) is 12.1 Å². The number of rotatable bonds is 14. The van der Waals surface area contributed by atoms with Gasteiger partial charge in [-0.3, -0.25) is 9.59 Å². The fourth-order valence-corrected chi connectivity index (χ4v) is 6.10. The van der Waals surface area contributed by atoms with Crippen molar-refractivity contribution in [2.45, 2.75) is 75.8 Å². The number of benzene rings is 2. The Morgan fingerprint density at radius 1 is 0.635 bits per heavy atom. The van der Waals surface area contributed by atoms with E-state index in [-0.39, 0.29) is 63.8 Å². The number of aliphatic carboxylic acids is 2. The minimum atomic E-state index is -1.17. The zero-order valence-electron chi connectivity index (χ0n) is 28.6. The van der Waals surface area contributed by atoms with E-state index in [9.17, 15) is 39.0 Å². The van der Waals surface area contributed by atoms with E-state index in [1.165, 1.54) is 9.80 Å². The number of nitrogens with two attached hydrogens (primary N) is 2. The summed E-state index contributed by atoms with van der Waals surface area (Å²) in [5, 5.41) is 24.4. The second-order valence-electron chi connectivity index (χ2n) is 12.5. The number of carboxylic acid groups (broad SMARTS) is 2. The Labute approximate surface area is 300 Å². The third-order valence-corrected chi connectivity index (χ3v) is 8.91. The van der Waals surface area contributed by atoms with Crippen LogP contribution in [-0.4, -0.2) is 106 Å². The minimum Gasteiger partial charge on any atom is -0.480 e. The Hall–Kier alpha value is -5.66. The third-order valence-electron chi connectivity index (χ3n) is 8.91. The summed E-state index contributed by atoms with van der Waals surface area (Å²) in [7, 11) is 0. The smallest absolute Gasteiger partial charge is 0.408 e. The molecular weight excluding hydrogens is 676 g/mol. The van der Waals surface area contributed by atoms with Gasteiger partial charge < -0.3 is 51.6 Å². The van der Waals surface area contributed by atoms with Gasteiger partial charge in [-0.15, -0.1) is 0 Å². The Bertz CT molecular complexity index is 1540. The number of carbonyl (C=O) groups is 6. The van der Waals surface area contributed by atoms with E-state index in [4.69, 9.17) is 20.9 Å². The molecule has 4 amide bonds. The summed E-state index contributed by atoms with van der Waals surface area (Å²) in [5.41, 5.74) is 15.0. The van der Waals surface area contributed by atoms with Crippen molar-refractivity contribution in [3.05, 3.63) is 70.8 Å². The summed E-state index contributed by atoms with van der Waals surface area (Å²) in [6.45, 7) is 0.126. The van der Waals surface area contributed by atoms with Gasteiger partial charge in [-0.2, -0.15) is 0 Å². The lowest BCUT2D eigenvalue weighted by Gasteiger charge is -2.21. The Morgan fingerprint density at radius 3 is 1.31 bits per heavy atom. The van der Waals surface area contributed by atoms with Crippen molar-refractivity contribution in [2.75, 3.05) is 26.3 Å². The monoisotopic (exact) mass is 720 g/mol. The standard InChI is InChI=1S/C36H44N6O10/c37-19-25-7-3-23(4-8-25)11-13-31(43)41-21-27(17-29(41)33(45)46)39-35(49)51-15-1-2-16-52-36(50)40-28-18-30(34(47)48)42(22-28)32(44)14-12-24-5-9-26(20-38)10-6-24/h3-10,27-30H,11-22,37-38H2,(H,39,49)(H,40,50)(H,45,46)(H,47,48). The van der Waals surface area contributed by atoms with Gasteiger partial charge >= 0.3 is 24.1 Å². The number of hydrogen-bond donors (Lipinski definition) is 6. The quantitative estimate of drug-likeness (QED) is 0.148. The molecule has 8 N–H and O–H groups in total. The van der Waals surface area contributed by atoms with Crippen molar-refractivity contribution in [3.63, 3.8) is 0 Å². The number of nitrogens with zero attached hydrogens (tertiary/aromatic N) is 2. The minimum absolute atomic E-state index is 0.00970. The highest BCUT2D eigenvalue weighted by molar-refractivity contribution is 5.85. The molecule has 16 heteroatoms. The topological polar surface area (TPSA) is 244 Å². The van der Waals surface area contributed by atoms with E-state index in [0.29, 0.717) is 25.9 Å². The van der Waals surface area contributed by atoms with Crippen LogP contribution < -0.4 is 22.1 Å². The number of nitrogens with one attached hydrogen (secondary N) is 2. The molecule has 4 unspecified atom stereocenters. The lowest BCUT2D eigenvalue weighted by atomic mass is 10.1. The largest absolute Gasteiger partial charge is 0.480 e. The summed E-state index contributed by atoms with van der Waals surface area (Å²) in [6.07, 6.45) is -0.619. The number of carboxylic acids is 2. The molecule has 0 aliphatic carbocycles. The average molecular weight is 721 g/mol. The molecule has 0 bridgehead atoms. The number of alkyl carbamates (subject to hydrolysis) is 2. The highest BCUT2D eigenvalue weighted by Gasteiger charge is 2.41. The molecule has 278 valence electrons. The summed E-state index contributed by atoms with van der Waals surface area (Å²) >= 11 is 0. The first-order chi connectivity index (χ1) is 25.0. The second kappa shape index (κ2) is 19.1. The van der Waals surface area contributed by atoms with Crippen LogP contribution in [0.3, 0.4) is 0 Å². The zero-order valence-corrected chi connectivity index (χ0v) is 28.6. The molecule has 2 heterocycles. The molecule has 2 aliphatic rings. The van der Waals surface area contributed by atoms with Crippen molar-refractivity contribution in [2.24, 2.45) is 11.5 Å². The number of aryl methyl sites for hydroxylation is 2. The second-order valence-corrected chi connectivity index (χ2v) is 12.5. The zero-order chi connectivity index (χ0) is 37.6. The van der Waals surface area contributed by atoms with Gasteiger partial charge in [-0.25, -0.2) is 19.2 Å². The third kappa shape index (κ3) is 11.4. The highest BCUT2D eigenvalue weighted by atomic mass is 16.6. The predicted octanol–water partition coefficient (Wildman–Crippen LogP) is 0.733. The van der Waals surface area contributed by atoms with E-state index in [1.54, 1.807) is 0 Å². The van der Waals surface area contributed by atoms with Crippen LogP contribution in [0.5, 0.6) is 0 Å². The molecule has 2 fully saturated rings. The number of amides is 4. The van der Waals surface area contributed by atoms with Crippen LogP contribution in [0.4, 0.5) is 9.59 Å². The number of carbonyl (C=O) groups excluding carboxylic acids is 4. The first-order valence-electron chi connectivity index (χ1n) is 16.9. The van der Waals surface area contributed by atoms with E-state index in [0.717, 1.165) is 22.3 Å². The fourth-order valence-electron chi connectivity index (χ4n) is 6.10. The van der Waals surface area contributed by atoms with Gasteiger partial charge in [-0.05, 0) is 35.1 Å². The molecule has 0 spiro atoms. The summed E-state index contributed by atoms with van der Waals surface area (Å²) in [4.78, 5) is 76.5. The number of hydrogen-bond acceptors (Lipinski definition) is 10. The molecule has 4 atom stereocenters. The van der Waals surface area contributed by atoms with Crippen LogP contribution in [0.25, 0.3) is 0 Å². The predicted molar refractivity (Wildman–Crippen MR) is 185 cm³/mol. The Kier molecular flexibility index (Phi) is 14.4. The van der Waals surface area contributed by atoms with Crippen LogP contribution in [0, 0.1) is 11.8 Å². The van der Waals surface area contributed by atoms with Crippen LogP contribution in [-0.2, 0) is 54.6 Å². The van der Waals surface area contributed by atoms with Crippen LogP contribution in [0.2, 0.25) is 0 Å². The molecular formula is C36H44N6O10. The van der Waals surface area contributed by atoms with Gasteiger partial charge in [0.1, 0.15) is 12.1 Å². The van der Waals surface area contributed by atoms with Gasteiger partial charge in [0, 0.05) is 51.9 Å². The molecule has 2 saturated heterocycles. The molecule has 16 nitrogen and oxygen atoms in total. The van der Waals surface area contributed by atoms with Crippen LogP contribution in [0.15, 0.2) is 48.5 Å². The summed E-state index contributed by atoms with van der Waals surface area (Å²) in [5.74, 6) is 2.01. The average Bonchev–Trinajstić information content (AvgIpc) is 3.76. The van der Waals surface area contributed by atoms with Crippen molar-refractivity contribution in [3.8, 4) is 11.8 Å². The maximum absolute atomic E-state index is 12.9. The van der Waals surface area contributed by atoms with Crippen molar-refractivity contribution in [1.82, 2.24) is 20.4 Å². The molecule has 0 radical (unpaired) electrons. The molecule has 2 aromatic carbocycles. The molecule has 2 aromatic rings. The normalized spacial score (nSPS) is 19.3. The van der Waals surface area contributed by atoms with Gasteiger partial charge in [0.15, 0.2) is 13.2 Å². The number of ether oxygens (including phenoxy) is 2. The van der Waals surface area contributed by atoms with Crippen LogP contribution in [0.1, 0.15) is 47.9 Å². The molecule has 0 aromatic heterocycles. The number of likely N-dealkylation sites (tertiary alicyclic amines) is 2. The van der Waals surface area contributed by atoms with E-state index in [1.807, 2.05) is 48.5 Å². The van der Waals surface area contributed by atoms with Gasteiger partial charge in [0.2, 0.25) is 11.8 Å². The fraction of sp³-hybridized carbons (Fsp3) is 0.444. The first kappa shape index (κ1) is 39.1. The molecule has 4 rings (SSSR count). The lowest BCUT2D eigenvalue weighted by molar-refractivity contribution is -0.148. The summed E-state index contributed by atoms with van der Waals surface area (Å²) < 4.78 is 10.0. The molecule has 52 heavy (non-hydrogen) atoms. The van der Waals surface area contributed by atoms with Gasteiger partial charge in [-0.1, -0.05) is 60.4 Å². The van der Waals surface area contributed by atoms with Crippen molar-refractivity contribution >= 4 is 35.9 Å².